The number of carbonyl (C=O) groups excluding carboxylic acids is 1. The molecule has 1 aliphatic carbocycles. The van der Waals surface area contributed by atoms with E-state index in [-0.39, 0.29) is 22.7 Å². The zero-order valence-electron chi connectivity index (χ0n) is 15.8. The van der Waals surface area contributed by atoms with Gasteiger partial charge >= 0.3 is 0 Å². The fourth-order valence-electron chi connectivity index (χ4n) is 3.42. The van der Waals surface area contributed by atoms with Gasteiger partial charge in [0.1, 0.15) is 18.2 Å². The molecule has 4 rings (SSSR count). The second kappa shape index (κ2) is 6.13. The summed E-state index contributed by atoms with van der Waals surface area (Å²) in [6.07, 6.45) is 1.85. The van der Waals surface area contributed by atoms with Crippen molar-refractivity contribution in [3.05, 3.63) is 41.0 Å². The number of pyridine rings is 1. The number of benzene rings is 1. The molecule has 7 N–H and O–H groups in total. The Hall–Kier alpha value is -3.26. The first-order valence-electron chi connectivity index (χ1n) is 9.04. The number of phenolic OH excluding ortho intramolecular Hbond substituents is 1. The lowest BCUT2D eigenvalue weighted by molar-refractivity contribution is 0.100. The lowest BCUT2D eigenvalue weighted by atomic mass is 10.1. The Morgan fingerprint density at radius 2 is 2.00 bits per heavy atom. The minimum absolute atomic E-state index is 0.119. The first-order valence-corrected chi connectivity index (χ1v) is 9.04. The summed E-state index contributed by atoms with van der Waals surface area (Å²) >= 11 is 0. The van der Waals surface area contributed by atoms with Gasteiger partial charge in [0, 0.05) is 17.0 Å². The molecule has 2 heterocycles. The molecule has 1 amide bonds. The van der Waals surface area contributed by atoms with Gasteiger partial charge in [-0.25, -0.2) is 0 Å². The van der Waals surface area contributed by atoms with Crippen molar-refractivity contribution in [3.63, 3.8) is 0 Å². The van der Waals surface area contributed by atoms with Gasteiger partial charge in [0.05, 0.1) is 16.8 Å². The zero-order chi connectivity index (χ0) is 20.2. The van der Waals surface area contributed by atoms with Gasteiger partial charge in [0.15, 0.2) is 5.65 Å². The third-order valence-electron chi connectivity index (χ3n) is 5.30. The summed E-state index contributed by atoms with van der Waals surface area (Å²) in [5.74, 6) is 0.0237. The number of fused-ring (bicyclic) bond motifs is 1. The Balaban J connectivity index is 1.95. The Kier molecular flexibility index (Phi) is 3.97. The number of carbonyl (C=O) groups is 1. The summed E-state index contributed by atoms with van der Waals surface area (Å²) in [5.41, 5.74) is 20.5. The van der Waals surface area contributed by atoms with E-state index in [1.165, 1.54) is 0 Å². The zero-order valence-corrected chi connectivity index (χ0v) is 15.8. The van der Waals surface area contributed by atoms with Crippen LogP contribution in [0.4, 0.5) is 5.82 Å². The van der Waals surface area contributed by atoms with Crippen LogP contribution in [0.25, 0.3) is 16.7 Å². The lowest BCUT2D eigenvalue weighted by Gasteiger charge is -2.16. The average Bonchev–Trinajstić information content (AvgIpc) is 3.31. The van der Waals surface area contributed by atoms with Crippen LogP contribution in [0.3, 0.4) is 0 Å². The number of nitrogen functional groups attached to an aromatic ring is 1. The highest BCUT2D eigenvalue weighted by atomic mass is 16.5. The molecule has 146 valence electrons. The molecule has 3 aromatic rings. The van der Waals surface area contributed by atoms with Gasteiger partial charge in [0.25, 0.3) is 5.91 Å². The van der Waals surface area contributed by atoms with E-state index in [0.29, 0.717) is 34.8 Å². The number of ether oxygens (including phenoxy) is 1. The van der Waals surface area contributed by atoms with Crippen molar-refractivity contribution in [1.29, 1.82) is 0 Å². The molecule has 8 nitrogen and oxygen atoms in total. The topological polar surface area (TPSA) is 142 Å². The summed E-state index contributed by atoms with van der Waals surface area (Å²) in [4.78, 5) is 16.6. The Bertz CT molecular complexity index is 1110. The number of primary amides is 1. The minimum atomic E-state index is -0.647. The molecule has 1 aliphatic rings. The van der Waals surface area contributed by atoms with Crippen LogP contribution in [0.2, 0.25) is 0 Å². The number of rotatable bonds is 5. The molecule has 0 atom stereocenters. The third kappa shape index (κ3) is 2.82. The second-order valence-electron chi connectivity index (χ2n) is 7.51. The summed E-state index contributed by atoms with van der Waals surface area (Å²) in [6.45, 7) is 4.04. The molecular formula is C20H23N5O3. The van der Waals surface area contributed by atoms with E-state index in [1.807, 2.05) is 6.92 Å². The second-order valence-corrected chi connectivity index (χ2v) is 7.51. The van der Waals surface area contributed by atoms with E-state index in [9.17, 15) is 9.90 Å². The van der Waals surface area contributed by atoms with Gasteiger partial charge in [-0.15, -0.1) is 0 Å². The van der Waals surface area contributed by atoms with Crippen LogP contribution in [0.15, 0.2) is 24.3 Å². The quantitative estimate of drug-likeness (QED) is 0.531. The maximum Gasteiger partial charge on any atom is 0.253 e. The molecule has 0 unspecified atom stereocenters. The van der Waals surface area contributed by atoms with Crippen LogP contribution in [0, 0.1) is 13.8 Å². The maximum absolute atomic E-state index is 12.1. The number of aromatic hydroxyl groups is 1. The number of nitrogens with two attached hydrogens (primary N) is 3. The Morgan fingerprint density at radius 3 is 2.64 bits per heavy atom. The molecule has 0 radical (unpaired) electrons. The van der Waals surface area contributed by atoms with Gasteiger partial charge in [-0.2, -0.15) is 4.98 Å². The van der Waals surface area contributed by atoms with Gasteiger partial charge in [-0.1, -0.05) is 6.07 Å². The number of hydrogen-bond acceptors (Lipinski definition) is 6. The normalized spacial score (nSPS) is 15.0. The lowest BCUT2D eigenvalue weighted by Crippen LogP contribution is -2.29. The van der Waals surface area contributed by atoms with E-state index in [0.717, 1.165) is 18.4 Å². The number of amides is 1. The van der Waals surface area contributed by atoms with E-state index in [1.54, 1.807) is 35.8 Å². The highest BCUT2D eigenvalue weighted by Gasteiger charge is 2.39. The molecule has 0 bridgehead atoms. The molecule has 0 saturated heterocycles. The van der Waals surface area contributed by atoms with Gasteiger partial charge in [0.2, 0.25) is 5.88 Å². The number of aromatic nitrogens is 2. The standard InChI is InChI=1S/C20H23N5O3/c1-10-3-5-13(26)11(2)16(10)25-17(21)15(18(22)27)12-4-6-14(24-19(12)25)28-9-20(23)7-8-20/h3-6,26H,7-9,21,23H2,1-2H3,(H2,22,27). The average molecular weight is 381 g/mol. The van der Waals surface area contributed by atoms with Crippen LogP contribution >= 0.6 is 0 Å². The number of hydrogen-bond donors (Lipinski definition) is 4. The maximum atomic E-state index is 12.1. The predicted molar refractivity (Wildman–Crippen MR) is 107 cm³/mol. The molecule has 0 spiro atoms. The van der Waals surface area contributed by atoms with E-state index >= 15 is 0 Å². The largest absolute Gasteiger partial charge is 0.508 e. The number of phenols is 1. The van der Waals surface area contributed by atoms with Gasteiger partial charge in [-0.05, 0) is 44.4 Å². The van der Waals surface area contributed by atoms with Crippen molar-refractivity contribution in [1.82, 2.24) is 9.55 Å². The van der Waals surface area contributed by atoms with Crippen molar-refractivity contribution < 1.29 is 14.6 Å². The van der Waals surface area contributed by atoms with Crippen molar-refractivity contribution in [3.8, 4) is 17.3 Å². The molecule has 8 heteroatoms. The van der Waals surface area contributed by atoms with E-state index in [2.05, 4.69) is 4.98 Å². The molecule has 1 fully saturated rings. The Labute approximate surface area is 161 Å². The molecular weight excluding hydrogens is 358 g/mol. The van der Waals surface area contributed by atoms with Crippen LogP contribution in [-0.2, 0) is 0 Å². The summed E-state index contributed by atoms with van der Waals surface area (Å²) in [5, 5.41) is 10.7. The number of nitrogens with zero attached hydrogens (tertiary/aromatic N) is 2. The Morgan fingerprint density at radius 1 is 1.29 bits per heavy atom. The molecule has 0 aliphatic heterocycles. The third-order valence-corrected chi connectivity index (χ3v) is 5.30. The van der Waals surface area contributed by atoms with Crippen LogP contribution in [-0.4, -0.2) is 32.7 Å². The minimum Gasteiger partial charge on any atom is -0.508 e. The number of aryl methyl sites for hydroxylation is 1. The van der Waals surface area contributed by atoms with Gasteiger partial charge < -0.3 is 27.0 Å². The fourth-order valence-corrected chi connectivity index (χ4v) is 3.42. The highest BCUT2D eigenvalue weighted by Crippen LogP contribution is 2.37. The van der Waals surface area contributed by atoms with Crippen molar-refractivity contribution in [2.45, 2.75) is 32.2 Å². The van der Waals surface area contributed by atoms with Crippen LogP contribution < -0.4 is 21.9 Å². The summed E-state index contributed by atoms with van der Waals surface area (Å²) in [6, 6.07) is 6.78. The molecule has 1 saturated carbocycles. The van der Waals surface area contributed by atoms with E-state index < -0.39 is 5.91 Å². The smallest absolute Gasteiger partial charge is 0.253 e. The van der Waals surface area contributed by atoms with Crippen LogP contribution in [0.1, 0.15) is 34.3 Å². The summed E-state index contributed by atoms with van der Waals surface area (Å²) in [7, 11) is 0. The predicted octanol–water partition coefficient (Wildman–Crippen LogP) is 1.90. The van der Waals surface area contributed by atoms with Crippen LogP contribution in [0.5, 0.6) is 11.6 Å². The first-order chi connectivity index (χ1) is 13.2. The molecule has 28 heavy (non-hydrogen) atoms. The fraction of sp³-hybridized carbons (Fsp3) is 0.300. The highest BCUT2D eigenvalue weighted by molar-refractivity contribution is 6.11. The molecule has 1 aromatic carbocycles. The van der Waals surface area contributed by atoms with Crippen molar-refractivity contribution >= 4 is 22.8 Å². The summed E-state index contributed by atoms with van der Waals surface area (Å²) < 4.78 is 7.41. The van der Waals surface area contributed by atoms with Crippen molar-refractivity contribution in [2.75, 3.05) is 12.3 Å². The van der Waals surface area contributed by atoms with E-state index in [4.69, 9.17) is 21.9 Å². The van der Waals surface area contributed by atoms with Gasteiger partial charge in [-0.3, -0.25) is 9.36 Å². The number of anilines is 1. The SMILES string of the molecule is Cc1ccc(O)c(C)c1-n1c(N)c(C(N)=O)c2ccc(OCC3(N)CC3)nc21. The first kappa shape index (κ1) is 18.1. The van der Waals surface area contributed by atoms with Crippen molar-refractivity contribution in [2.24, 2.45) is 11.5 Å². The monoisotopic (exact) mass is 381 g/mol. The molecule has 2 aromatic heterocycles.